The molecule has 0 aromatic heterocycles. The van der Waals surface area contributed by atoms with Gasteiger partial charge in [0.1, 0.15) is 0 Å². The molecular formula is C21H23NO3. The van der Waals surface area contributed by atoms with Gasteiger partial charge in [-0.1, -0.05) is 37.3 Å². The van der Waals surface area contributed by atoms with E-state index < -0.39 is 0 Å². The van der Waals surface area contributed by atoms with Crippen LogP contribution in [-0.4, -0.2) is 18.5 Å². The number of nitrogens with one attached hydrogen (secondary N) is 1. The molecule has 0 saturated heterocycles. The van der Waals surface area contributed by atoms with Gasteiger partial charge in [0.15, 0.2) is 6.61 Å². The summed E-state index contributed by atoms with van der Waals surface area (Å²) in [7, 11) is 0. The van der Waals surface area contributed by atoms with E-state index in [0.29, 0.717) is 5.69 Å². The van der Waals surface area contributed by atoms with Crippen LogP contribution in [0.25, 0.3) is 0 Å². The van der Waals surface area contributed by atoms with Crippen LogP contribution in [0.2, 0.25) is 0 Å². The summed E-state index contributed by atoms with van der Waals surface area (Å²) in [6, 6.07) is 13.8. The van der Waals surface area contributed by atoms with Crippen molar-refractivity contribution in [1.29, 1.82) is 0 Å². The highest BCUT2D eigenvalue weighted by Gasteiger charge is 2.13. The maximum absolute atomic E-state index is 12.0. The number of hydrogen-bond acceptors (Lipinski definition) is 3. The van der Waals surface area contributed by atoms with Crippen molar-refractivity contribution < 1.29 is 14.3 Å². The minimum atomic E-state index is -0.380. The van der Waals surface area contributed by atoms with Crippen LogP contribution in [0.3, 0.4) is 0 Å². The Labute approximate surface area is 148 Å². The first-order valence-electron chi connectivity index (χ1n) is 8.79. The number of carbonyl (C=O) groups excluding carboxylic acids is 2. The molecule has 4 nitrogen and oxygen atoms in total. The molecule has 0 radical (unpaired) electrons. The van der Waals surface area contributed by atoms with Crippen LogP contribution >= 0.6 is 0 Å². The molecule has 0 atom stereocenters. The van der Waals surface area contributed by atoms with Crippen molar-refractivity contribution in [1.82, 2.24) is 0 Å². The smallest absolute Gasteiger partial charge is 0.310 e. The van der Waals surface area contributed by atoms with Crippen molar-refractivity contribution in [2.45, 2.75) is 39.0 Å². The number of aryl methyl sites for hydroxylation is 3. The predicted molar refractivity (Wildman–Crippen MR) is 97.6 cm³/mol. The van der Waals surface area contributed by atoms with Crippen molar-refractivity contribution in [3.63, 3.8) is 0 Å². The zero-order valence-corrected chi connectivity index (χ0v) is 14.5. The number of fused-ring (bicyclic) bond motifs is 1. The SMILES string of the molecule is CCc1ccc(NC(=O)COC(=O)Cc2ccc3c(c2)CCC3)cc1. The molecule has 0 spiro atoms. The van der Waals surface area contributed by atoms with Crippen LogP contribution in [0.5, 0.6) is 0 Å². The number of carbonyl (C=O) groups is 2. The molecule has 0 bridgehead atoms. The highest BCUT2D eigenvalue weighted by Crippen LogP contribution is 2.23. The Bertz CT molecular complexity index is 765. The highest BCUT2D eigenvalue weighted by atomic mass is 16.5. The largest absolute Gasteiger partial charge is 0.455 e. The minimum Gasteiger partial charge on any atom is -0.455 e. The summed E-state index contributed by atoms with van der Waals surface area (Å²) in [5.41, 5.74) is 5.57. The first-order chi connectivity index (χ1) is 12.1. The van der Waals surface area contributed by atoms with Gasteiger partial charge in [0, 0.05) is 5.69 Å². The normalized spacial score (nSPS) is 12.5. The fourth-order valence-corrected chi connectivity index (χ4v) is 3.12. The monoisotopic (exact) mass is 337 g/mol. The molecule has 2 aromatic rings. The van der Waals surface area contributed by atoms with E-state index in [-0.39, 0.29) is 24.9 Å². The molecule has 1 amide bonds. The van der Waals surface area contributed by atoms with Crippen LogP contribution in [0.1, 0.15) is 35.6 Å². The maximum Gasteiger partial charge on any atom is 0.310 e. The number of ether oxygens (including phenoxy) is 1. The summed E-state index contributed by atoms with van der Waals surface area (Å²) >= 11 is 0. The van der Waals surface area contributed by atoms with Gasteiger partial charge >= 0.3 is 5.97 Å². The van der Waals surface area contributed by atoms with Gasteiger partial charge in [-0.3, -0.25) is 9.59 Å². The van der Waals surface area contributed by atoms with Crippen molar-refractivity contribution in [3.8, 4) is 0 Å². The number of benzene rings is 2. The zero-order valence-electron chi connectivity index (χ0n) is 14.5. The van der Waals surface area contributed by atoms with Crippen LogP contribution in [0, 0.1) is 0 Å². The van der Waals surface area contributed by atoms with E-state index in [4.69, 9.17) is 4.74 Å². The van der Waals surface area contributed by atoms with E-state index in [2.05, 4.69) is 24.4 Å². The molecule has 3 rings (SSSR count). The molecule has 130 valence electrons. The fourth-order valence-electron chi connectivity index (χ4n) is 3.12. The molecule has 2 aromatic carbocycles. The van der Waals surface area contributed by atoms with Gasteiger partial charge in [-0.2, -0.15) is 0 Å². The van der Waals surface area contributed by atoms with Gasteiger partial charge in [-0.25, -0.2) is 0 Å². The van der Waals surface area contributed by atoms with E-state index in [1.54, 1.807) is 0 Å². The third-order valence-corrected chi connectivity index (χ3v) is 4.52. The van der Waals surface area contributed by atoms with Gasteiger partial charge in [-0.05, 0) is 60.1 Å². The van der Waals surface area contributed by atoms with Crippen LogP contribution < -0.4 is 5.32 Å². The highest BCUT2D eigenvalue weighted by molar-refractivity contribution is 5.92. The lowest BCUT2D eigenvalue weighted by atomic mass is 10.0. The first-order valence-corrected chi connectivity index (χ1v) is 8.79. The summed E-state index contributed by atoms with van der Waals surface area (Å²) < 4.78 is 5.09. The van der Waals surface area contributed by atoms with Crippen molar-refractivity contribution in [2.24, 2.45) is 0 Å². The second-order valence-corrected chi connectivity index (χ2v) is 6.39. The van der Waals surface area contributed by atoms with E-state index in [1.807, 2.05) is 30.3 Å². The fraction of sp³-hybridized carbons (Fsp3) is 0.333. The van der Waals surface area contributed by atoms with Crippen LogP contribution in [-0.2, 0) is 40.0 Å². The van der Waals surface area contributed by atoms with Gasteiger partial charge in [0.25, 0.3) is 5.91 Å². The van der Waals surface area contributed by atoms with Crippen molar-refractivity contribution in [3.05, 3.63) is 64.7 Å². The molecule has 1 aliphatic carbocycles. The Morgan fingerprint density at radius 2 is 1.72 bits per heavy atom. The first kappa shape index (κ1) is 17.2. The van der Waals surface area contributed by atoms with Gasteiger partial charge in [0.2, 0.25) is 0 Å². The second-order valence-electron chi connectivity index (χ2n) is 6.39. The van der Waals surface area contributed by atoms with E-state index in [0.717, 1.165) is 24.8 Å². The number of anilines is 1. The molecule has 1 aliphatic rings. The number of amides is 1. The van der Waals surface area contributed by atoms with E-state index in [9.17, 15) is 9.59 Å². The third-order valence-electron chi connectivity index (χ3n) is 4.52. The topological polar surface area (TPSA) is 55.4 Å². The minimum absolute atomic E-state index is 0.200. The Morgan fingerprint density at radius 3 is 2.48 bits per heavy atom. The lowest BCUT2D eigenvalue weighted by Crippen LogP contribution is -2.21. The quantitative estimate of drug-likeness (QED) is 0.821. The van der Waals surface area contributed by atoms with E-state index in [1.165, 1.54) is 23.1 Å². The molecule has 1 N–H and O–H groups in total. The number of hydrogen-bond donors (Lipinski definition) is 1. The molecule has 0 heterocycles. The van der Waals surface area contributed by atoms with Gasteiger partial charge in [0.05, 0.1) is 6.42 Å². The Hall–Kier alpha value is -2.62. The Kier molecular flexibility index (Phi) is 5.49. The molecular weight excluding hydrogens is 314 g/mol. The molecule has 0 saturated carbocycles. The Morgan fingerprint density at radius 1 is 1.00 bits per heavy atom. The number of rotatable bonds is 6. The lowest BCUT2D eigenvalue weighted by molar-refractivity contribution is -0.146. The molecule has 0 fully saturated rings. The summed E-state index contributed by atoms with van der Waals surface area (Å²) in [5.74, 6) is -0.707. The molecule has 0 unspecified atom stereocenters. The number of esters is 1. The van der Waals surface area contributed by atoms with Crippen molar-refractivity contribution in [2.75, 3.05) is 11.9 Å². The second kappa shape index (κ2) is 7.97. The summed E-state index contributed by atoms with van der Waals surface area (Å²) in [6.45, 7) is 1.81. The lowest BCUT2D eigenvalue weighted by Gasteiger charge is -2.08. The molecule has 25 heavy (non-hydrogen) atoms. The third kappa shape index (κ3) is 4.69. The predicted octanol–water partition coefficient (Wildman–Crippen LogP) is 3.46. The van der Waals surface area contributed by atoms with Crippen LogP contribution in [0.4, 0.5) is 5.69 Å². The van der Waals surface area contributed by atoms with Crippen LogP contribution in [0.15, 0.2) is 42.5 Å². The zero-order chi connectivity index (χ0) is 17.6. The van der Waals surface area contributed by atoms with Gasteiger partial charge in [-0.15, -0.1) is 0 Å². The molecule has 4 heteroatoms. The maximum atomic E-state index is 12.0. The summed E-state index contributed by atoms with van der Waals surface area (Å²) in [4.78, 5) is 23.8. The molecule has 0 aliphatic heterocycles. The van der Waals surface area contributed by atoms with E-state index >= 15 is 0 Å². The van der Waals surface area contributed by atoms with Crippen molar-refractivity contribution >= 4 is 17.6 Å². The van der Waals surface area contributed by atoms with Gasteiger partial charge < -0.3 is 10.1 Å². The Balaban J connectivity index is 1.45. The standard InChI is InChI=1S/C21H23NO3/c1-2-15-7-10-19(11-8-15)22-20(23)14-25-21(24)13-16-6-9-17-4-3-5-18(17)12-16/h6-12H,2-5,13-14H2,1H3,(H,22,23). The average molecular weight is 337 g/mol. The average Bonchev–Trinajstić information content (AvgIpc) is 3.08. The summed E-state index contributed by atoms with van der Waals surface area (Å²) in [5, 5.41) is 2.73. The summed E-state index contributed by atoms with van der Waals surface area (Å²) in [6.07, 6.45) is 4.54.